The van der Waals surface area contributed by atoms with Crippen molar-refractivity contribution in [2.75, 3.05) is 0 Å². The number of fused-ring (bicyclic) bond motifs is 2. The molecule has 1 N–H and O–H groups in total. The van der Waals surface area contributed by atoms with E-state index in [1.807, 2.05) is 45.2 Å². The fraction of sp³-hybridized carbons (Fsp3) is 0.458. The largest absolute Gasteiger partial charge is 0.512 e. The number of pyridine rings is 1. The van der Waals surface area contributed by atoms with Gasteiger partial charge in [-0.1, -0.05) is 141 Å². The number of allylic oxidation sites excluding steroid dienone is 2. The second-order valence-corrected chi connectivity index (χ2v) is 22.2. The molecule has 0 unspecified atom stereocenters. The molecule has 1 radical (unpaired) electrons. The molecule has 5 rings (SSSR count). The van der Waals surface area contributed by atoms with Crippen LogP contribution in [0.5, 0.6) is 0 Å². The fourth-order valence-corrected chi connectivity index (χ4v) is 16.2. The number of aromatic nitrogens is 1. The Hall–Kier alpha value is -2.89. The summed E-state index contributed by atoms with van der Waals surface area (Å²) < 4.78 is 2.89. The van der Waals surface area contributed by atoms with Crippen molar-refractivity contribution in [2.24, 2.45) is 23.7 Å². The van der Waals surface area contributed by atoms with Crippen LogP contribution in [0, 0.1) is 29.7 Å². The van der Waals surface area contributed by atoms with E-state index < -0.39 is 8.07 Å². The van der Waals surface area contributed by atoms with E-state index in [1.54, 1.807) is 9.69 Å². The predicted molar refractivity (Wildman–Crippen MR) is 235 cm³/mol. The Bertz CT molecular complexity index is 1960. The predicted octanol–water partition coefficient (Wildman–Crippen LogP) is 13.0. The number of nitrogens with zero attached hydrogens (tertiary/aromatic N) is 1. The van der Waals surface area contributed by atoms with Crippen LogP contribution in [-0.2, 0) is 30.3 Å². The van der Waals surface area contributed by atoms with Gasteiger partial charge in [0.25, 0.3) is 0 Å². The van der Waals surface area contributed by atoms with Crippen molar-refractivity contribution in [3.63, 3.8) is 0 Å². The molecule has 3 nitrogen and oxygen atoms in total. The van der Waals surface area contributed by atoms with Gasteiger partial charge in [-0.3, -0.25) is 9.78 Å². The minimum Gasteiger partial charge on any atom is -0.512 e. The Balaban J connectivity index is 0.000000418. The molecule has 3 aromatic carbocycles. The van der Waals surface area contributed by atoms with Crippen molar-refractivity contribution in [3.8, 4) is 11.3 Å². The van der Waals surface area contributed by atoms with Gasteiger partial charge in [-0.15, -0.1) is 29.1 Å². The average molecular weight is 939 g/mol. The minimum absolute atomic E-state index is 0. The molecule has 0 spiro atoms. The number of carbonyl (C=O) groups excluding carboxylic acids is 1. The molecule has 2 aromatic heterocycles. The van der Waals surface area contributed by atoms with Crippen molar-refractivity contribution in [1.82, 2.24) is 4.98 Å². The third-order valence-corrected chi connectivity index (χ3v) is 18.7. The molecule has 0 aliphatic heterocycles. The van der Waals surface area contributed by atoms with E-state index in [-0.39, 0.29) is 48.9 Å². The first kappa shape index (κ1) is 45.5. The normalized spacial score (nSPS) is 12.5. The number of benzene rings is 3. The number of hydrogen-bond donors (Lipinski definition) is 1. The number of ketones is 1. The molecule has 0 fully saturated rings. The quantitative estimate of drug-likeness (QED) is 0.0522. The number of hydrogen-bond acceptors (Lipinski definition) is 4. The number of thiophene rings is 1. The third-order valence-electron chi connectivity index (χ3n) is 10.7. The van der Waals surface area contributed by atoms with Gasteiger partial charge in [0.05, 0.1) is 5.76 Å². The molecule has 54 heavy (non-hydrogen) atoms. The summed E-state index contributed by atoms with van der Waals surface area (Å²) in [6, 6.07) is 33.4. The van der Waals surface area contributed by atoms with Gasteiger partial charge < -0.3 is 5.11 Å². The molecule has 293 valence electrons. The van der Waals surface area contributed by atoms with E-state index in [2.05, 4.69) is 127 Å². The Morgan fingerprint density at radius 2 is 1.41 bits per heavy atom. The molecular formula is C48H64IrNO2SSi-. The Morgan fingerprint density at radius 3 is 1.96 bits per heavy atom. The van der Waals surface area contributed by atoms with Gasteiger partial charge in [-0.05, 0) is 77.0 Å². The number of rotatable bonds is 14. The Morgan fingerprint density at radius 1 is 0.833 bits per heavy atom. The molecular weight excluding hydrogens is 875 g/mol. The summed E-state index contributed by atoms with van der Waals surface area (Å²) in [5.74, 6) is 1.84. The van der Waals surface area contributed by atoms with Gasteiger partial charge >= 0.3 is 0 Å². The van der Waals surface area contributed by atoms with Gasteiger partial charge in [-0.25, -0.2) is 0 Å². The first-order valence-electron chi connectivity index (χ1n) is 20.0. The molecule has 0 aliphatic carbocycles. The van der Waals surface area contributed by atoms with Crippen molar-refractivity contribution in [1.29, 1.82) is 0 Å². The van der Waals surface area contributed by atoms with Crippen LogP contribution in [-0.4, -0.2) is 23.9 Å². The van der Waals surface area contributed by atoms with Crippen molar-refractivity contribution in [2.45, 2.75) is 119 Å². The van der Waals surface area contributed by atoms with E-state index in [4.69, 9.17) is 4.98 Å². The second-order valence-electron chi connectivity index (χ2n) is 16.7. The van der Waals surface area contributed by atoms with Gasteiger partial charge in [0.2, 0.25) is 0 Å². The van der Waals surface area contributed by atoms with E-state index in [0.717, 1.165) is 42.3 Å². The standard InChI is InChI=1S/C35H40NSSi.C13H24O2.Ir/c1-24(2)22-38(23-25(3)4,29-14-9-8-10-15-29)32-21-27-17-18-36-33(34(27)37-32)28-19-26-13-11-12-16-30(26)31(20-28)35(5,6)7;1-5-10(6-2)12(14)9-13(15)11(7-3)8-4;/h8-18,20-21,24-25H,22-23H2,1-7H3;9-11,14H,5-8H2,1-4H3;/q-1;;/b;12-9-;. The minimum atomic E-state index is -1.98. The van der Waals surface area contributed by atoms with E-state index in [9.17, 15) is 9.90 Å². The maximum atomic E-state index is 11.7. The van der Waals surface area contributed by atoms with Crippen molar-refractivity contribution in [3.05, 3.63) is 102 Å². The van der Waals surface area contributed by atoms with Crippen LogP contribution in [0.2, 0.25) is 12.1 Å². The van der Waals surface area contributed by atoms with Crippen LogP contribution in [0.3, 0.4) is 0 Å². The first-order chi connectivity index (χ1) is 25.2. The molecule has 0 aliphatic rings. The van der Waals surface area contributed by atoms with E-state index in [1.165, 1.54) is 39.2 Å². The average Bonchev–Trinajstić information content (AvgIpc) is 3.57. The van der Waals surface area contributed by atoms with Crippen LogP contribution in [0.25, 0.3) is 32.1 Å². The van der Waals surface area contributed by atoms with E-state index >= 15 is 0 Å². The van der Waals surface area contributed by atoms with Crippen LogP contribution >= 0.6 is 11.3 Å². The summed E-state index contributed by atoms with van der Waals surface area (Å²) in [7, 11) is -1.98. The SMILES string of the molecule is CC(C)C[Si](CC(C)C)(c1ccccc1)c1cc2ccnc(-c3[c-]c4ccccc4c(C(C)(C)C)c3)c2s1.CCC(CC)C(=O)/C=C(\O)C(CC)CC.[Ir]. The smallest absolute Gasteiger partial charge is 0.162 e. The zero-order chi connectivity index (χ0) is 38.9. The third kappa shape index (κ3) is 10.9. The van der Waals surface area contributed by atoms with Crippen LogP contribution < -0.4 is 9.69 Å². The summed E-state index contributed by atoms with van der Waals surface area (Å²) in [6.07, 6.45) is 6.90. The molecule has 5 aromatic rings. The summed E-state index contributed by atoms with van der Waals surface area (Å²) in [5.41, 5.74) is 3.56. The summed E-state index contributed by atoms with van der Waals surface area (Å²) in [4.78, 5) is 16.7. The maximum absolute atomic E-state index is 11.7. The van der Waals surface area contributed by atoms with Gasteiger partial charge in [0, 0.05) is 54.6 Å². The fourth-order valence-electron chi connectivity index (χ4n) is 7.96. The Labute approximate surface area is 345 Å². The maximum Gasteiger partial charge on any atom is 0.162 e. The molecule has 6 heteroatoms. The van der Waals surface area contributed by atoms with Crippen LogP contribution in [0.1, 0.15) is 107 Å². The van der Waals surface area contributed by atoms with Gasteiger partial charge in [0.1, 0.15) is 8.07 Å². The van der Waals surface area contributed by atoms with Crippen LogP contribution in [0.15, 0.2) is 90.8 Å². The van der Waals surface area contributed by atoms with Crippen molar-refractivity contribution < 1.29 is 30.0 Å². The number of aliphatic hydroxyl groups is 1. The zero-order valence-electron chi connectivity index (χ0n) is 34.7. The van der Waals surface area contributed by atoms with Gasteiger partial charge in [-0.2, -0.15) is 11.3 Å². The van der Waals surface area contributed by atoms with Crippen LogP contribution in [0.4, 0.5) is 0 Å². The van der Waals surface area contributed by atoms with Crippen molar-refractivity contribution >= 4 is 55.7 Å². The topological polar surface area (TPSA) is 50.2 Å². The molecule has 0 saturated heterocycles. The Kier molecular flexibility index (Phi) is 17.1. The molecule has 0 atom stereocenters. The zero-order valence-corrected chi connectivity index (χ0v) is 38.9. The molecule has 0 saturated carbocycles. The molecule has 2 heterocycles. The number of aliphatic hydroxyl groups excluding tert-OH is 1. The van der Waals surface area contributed by atoms with Gasteiger partial charge in [0.15, 0.2) is 5.78 Å². The van der Waals surface area contributed by atoms with E-state index in [0.29, 0.717) is 11.8 Å². The molecule has 0 amide bonds. The molecule has 0 bridgehead atoms. The first-order valence-corrected chi connectivity index (χ1v) is 23.3. The summed E-state index contributed by atoms with van der Waals surface area (Å²) in [6.45, 7) is 24.5. The second kappa shape index (κ2) is 20.3. The summed E-state index contributed by atoms with van der Waals surface area (Å²) in [5, 5.41) is 15.1. The monoisotopic (exact) mass is 939 g/mol. The number of carbonyl (C=O) groups is 1. The summed E-state index contributed by atoms with van der Waals surface area (Å²) >= 11 is 2.00.